The highest BCUT2D eigenvalue weighted by Crippen LogP contribution is 2.27. The summed E-state index contributed by atoms with van der Waals surface area (Å²) in [6.07, 6.45) is 0. The quantitative estimate of drug-likeness (QED) is 0.667. The fraction of sp³-hybridized carbons (Fsp3) is 0.429. The van der Waals surface area contributed by atoms with Crippen molar-refractivity contribution in [3.8, 4) is 0 Å². The van der Waals surface area contributed by atoms with Gasteiger partial charge in [0.2, 0.25) is 11.8 Å². The zero-order chi connectivity index (χ0) is 15.1. The van der Waals surface area contributed by atoms with Crippen molar-refractivity contribution in [3.63, 3.8) is 0 Å². The van der Waals surface area contributed by atoms with E-state index in [1.54, 1.807) is 6.92 Å². The Morgan fingerprint density at radius 2 is 1.90 bits per heavy atom. The first kappa shape index (κ1) is 16.4. The fourth-order valence-corrected chi connectivity index (χ4v) is 2.32. The van der Waals surface area contributed by atoms with E-state index in [0.717, 1.165) is 10.6 Å². The van der Waals surface area contributed by atoms with E-state index in [1.807, 2.05) is 38.1 Å². The Bertz CT molecular complexity index is 477. The van der Waals surface area contributed by atoms with Crippen LogP contribution < -0.4 is 16.4 Å². The molecule has 20 heavy (non-hydrogen) atoms. The van der Waals surface area contributed by atoms with E-state index in [0.29, 0.717) is 0 Å². The van der Waals surface area contributed by atoms with Crippen LogP contribution in [0, 0.1) is 0 Å². The Labute approximate surface area is 123 Å². The average molecular weight is 295 g/mol. The number of primary amides is 1. The second-order valence-corrected chi connectivity index (χ2v) is 5.80. The van der Waals surface area contributed by atoms with Gasteiger partial charge in [-0.05, 0) is 32.9 Å². The highest BCUT2D eigenvalue weighted by Gasteiger charge is 2.15. The summed E-state index contributed by atoms with van der Waals surface area (Å²) in [6, 6.07) is 7.28. The van der Waals surface area contributed by atoms with Gasteiger partial charge >= 0.3 is 0 Å². The van der Waals surface area contributed by atoms with Crippen molar-refractivity contribution >= 4 is 29.3 Å². The maximum absolute atomic E-state index is 11.9. The standard InChI is InChI=1S/C14H21N3O2S/c1-9(2)16-14(19)10(3)17-11-6-4-5-7-12(11)20-8-13(15)18/h4-7,9-10,17H,8H2,1-3H3,(H2,15,18)(H,16,19)/t10-/m0/s1. The predicted octanol–water partition coefficient (Wildman–Crippen LogP) is 1.59. The van der Waals surface area contributed by atoms with Crippen molar-refractivity contribution < 1.29 is 9.59 Å². The minimum Gasteiger partial charge on any atom is -0.373 e. The third-order valence-corrected chi connectivity index (χ3v) is 3.55. The summed E-state index contributed by atoms with van der Waals surface area (Å²) in [5, 5.41) is 6.00. The van der Waals surface area contributed by atoms with Crippen molar-refractivity contribution in [1.82, 2.24) is 5.32 Å². The number of thioether (sulfide) groups is 1. The Hall–Kier alpha value is -1.69. The van der Waals surface area contributed by atoms with E-state index < -0.39 is 0 Å². The molecule has 0 bridgehead atoms. The number of amides is 2. The molecule has 0 unspecified atom stereocenters. The summed E-state index contributed by atoms with van der Waals surface area (Å²) in [4.78, 5) is 23.6. The van der Waals surface area contributed by atoms with Crippen LogP contribution in [0.15, 0.2) is 29.2 Å². The number of nitrogens with two attached hydrogens (primary N) is 1. The largest absolute Gasteiger partial charge is 0.373 e. The van der Waals surface area contributed by atoms with Crippen LogP contribution in [-0.4, -0.2) is 29.7 Å². The van der Waals surface area contributed by atoms with Crippen LogP contribution in [0.3, 0.4) is 0 Å². The third kappa shape index (κ3) is 5.52. The summed E-state index contributed by atoms with van der Waals surface area (Å²) < 4.78 is 0. The highest BCUT2D eigenvalue weighted by atomic mass is 32.2. The van der Waals surface area contributed by atoms with Crippen LogP contribution in [0.4, 0.5) is 5.69 Å². The lowest BCUT2D eigenvalue weighted by Crippen LogP contribution is -2.41. The molecule has 0 radical (unpaired) electrons. The molecule has 1 atom stereocenters. The molecular weight excluding hydrogens is 274 g/mol. The molecule has 0 aromatic heterocycles. The van der Waals surface area contributed by atoms with Crippen molar-refractivity contribution in [2.75, 3.05) is 11.1 Å². The molecule has 5 nitrogen and oxygen atoms in total. The fourth-order valence-electron chi connectivity index (χ4n) is 1.57. The topological polar surface area (TPSA) is 84.2 Å². The molecule has 0 aliphatic carbocycles. The van der Waals surface area contributed by atoms with Gasteiger partial charge in [-0.25, -0.2) is 0 Å². The van der Waals surface area contributed by atoms with Gasteiger partial charge < -0.3 is 16.4 Å². The third-order valence-electron chi connectivity index (χ3n) is 2.45. The van der Waals surface area contributed by atoms with E-state index in [-0.39, 0.29) is 29.7 Å². The van der Waals surface area contributed by atoms with Crippen LogP contribution in [0.1, 0.15) is 20.8 Å². The van der Waals surface area contributed by atoms with Crippen molar-refractivity contribution in [2.24, 2.45) is 5.73 Å². The molecule has 0 heterocycles. The Morgan fingerprint density at radius 3 is 2.50 bits per heavy atom. The summed E-state index contributed by atoms with van der Waals surface area (Å²) in [6.45, 7) is 5.63. The van der Waals surface area contributed by atoms with Gasteiger partial charge in [0.25, 0.3) is 0 Å². The van der Waals surface area contributed by atoms with Gasteiger partial charge in [-0.1, -0.05) is 12.1 Å². The molecule has 0 aliphatic rings. The molecule has 2 amide bonds. The lowest BCUT2D eigenvalue weighted by Gasteiger charge is -2.18. The second-order valence-electron chi connectivity index (χ2n) is 4.78. The molecule has 1 rings (SSSR count). The van der Waals surface area contributed by atoms with Gasteiger partial charge in [0, 0.05) is 16.6 Å². The molecule has 1 aromatic carbocycles. The molecule has 0 fully saturated rings. The number of benzene rings is 1. The smallest absolute Gasteiger partial charge is 0.242 e. The summed E-state index contributed by atoms with van der Waals surface area (Å²) in [5.41, 5.74) is 5.97. The van der Waals surface area contributed by atoms with E-state index in [9.17, 15) is 9.59 Å². The molecule has 0 spiro atoms. The summed E-state index contributed by atoms with van der Waals surface area (Å²) >= 11 is 1.35. The van der Waals surface area contributed by atoms with Gasteiger partial charge in [0.1, 0.15) is 6.04 Å². The lowest BCUT2D eigenvalue weighted by molar-refractivity contribution is -0.122. The lowest BCUT2D eigenvalue weighted by atomic mass is 10.2. The number of carbonyl (C=O) groups is 2. The van der Waals surface area contributed by atoms with E-state index in [2.05, 4.69) is 10.6 Å². The number of nitrogens with one attached hydrogen (secondary N) is 2. The molecular formula is C14H21N3O2S. The minimum absolute atomic E-state index is 0.0605. The number of hydrogen-bond donors (Lipinski definition) is 3. The van der Waals surface area contributed by atoms with Crippen molar-refractivity contribution in [2.45, 2.75) is 37.8 Å². The van der Waals surface area contributed by atoms with Crippen molar-refractivity contribution in [3.05, 3.63) is 24.3 Å². The molecule has 6 heteroatoms. The molecule has 0 saturated carbocycles. The van der Waals surface area contributed by atoms with Crippen LogP contribution >= 0.6 is 11.8 Å². The van der Waals surface area contributed by atoms with Crippen LogP contribution in [-0.2, 0) is 9.59 Å². The average Bonchev–Trinajstić information content (AvgIpc) is 2.36. The Morgan fingerprint density at radius 1 is 1.25 bits per heavy atom. The maximum atomic E-state index is 11.9. The zero-order valence-electron chi connectivity index (χ0n) is 12.0. The maximum Gasteiger partial charge on any atom is 0.242 e. The Kier molecular flexibility index (Phi) is 6.38. The SMILES string of the molecule is CC(C)NC(=O)[C@H](C)Nc1ccccc1SCC(N)=O. The summed E-state index contributed by atoms with van der Waals surface area (Å²) in [7, 11) is 0. The second kappa shape index (κ2) is 7.79. The number of hydrogen-bond acceptors (Lipinski definition) is 4. The Balaban J connectivity index is 2.71. The highest BCUT2D eigenvalue weighted by molar-refractivity contribution is 8.00. The first-order valence-corrected chi connectivity index (χ1v) is 7.45. The predicted molar refractivity (Wildman–Crippen MR) is 82.7 cm³/mol. The van der Waals surface area contributed by atoms with E-state index in [4.69, 9.17) is 5.73 Å². The van der Waals surface area contributed by atoms with E-state index in [1.165, 1.54) is 11.8 Å². The van der Waals surface area contributed by atoms with Crippen LogP contribution in [0.25, 0.3) is 0 Å². The van der Waals surface area contributed by atoms with Gasteiger partial charge in [-0.2, -0.15) is 0 Å². The molecule has 0 aliphatic heterocycles. The molecule has 4 N–H and O–H groups in total. The number of para-hydroxylation sites is 1. The number of rotatable bonds is 7. The first-order valence-electron chi connectivity index (χ1n) is 6.47. The van der Waals surface area contributed by atoms with Gasteiger partial charge in [0.15, 0.2) is 0 Å². The monoisotopic (exact) mass is 295 g/mol. The number of carbonyl (C=O) groups excluding carboxylic acids is 2. The molecule has 1 aromatic rings. The minimum atomic E-state index is -0.365. The molecule has 0 saturated heterocycles. The van der Waals surface area contributed by atoms with Crippen LogP contribution in [0.5, 0.6) is 0 Å². The van der Waals surface area contributed by atoms with E-state index >= 15 is 0 Å². The normalized spacial score (nSPS) is 12.0. The van der Waals surface area contributed by atoms with Crippen LogP contribution in [0.2, 0.25) is 0 Å². The molecule has 110 valence electrons. The summed E-state index contributed by atoms with van der Waals surface area (Å²) in [5.74, 6) is -0.212. The van der Waals surface area contributed by atoms with Gasteiger partial charge in [-0.3, -0.25) is 9.59 Å². The number of anilines is 1. The zero-order valence-corrected chi connectivity index (χ0v) is 12.8. The first-order chi connectivity index (χ1) is 9.40. The van der Waals surface area contributed by atoms with Crippen molar-refractivity contribution in [1.29, 1.82) is 0 Å². The van der Waals surface area contributed by atoms with Gasteiger partial charge in [0.05, 0.1) is 5.75 Å². The van der Waals surface area contributed by atoms with Gasteiger partial charge in [-0.15, -0.1) is 11.8 Å².